The number of fused-ring (bicyclic) bond motifs is 2. The molecule has 2 bridgehead atoms. The highest BCUT2D eigenvalue weighted by Gasteiger charge is 2.52. The first-order valence-electron chi connectivity index (χ1n) is 15.8. The van der Waals surface area contributed by atoms with Crippen molar-refractivity contribution in [2.75, 3.05) is 19.8 Å². The lowest BCUT2D eigenvalue weighted by molar-refractivity contribution is -0.214. The number of rotatable bonds is 25. The minimum absolute atomic E-state index is 0.0140. The third-order valence-corrected chi connectivity index (χ3v) is 8.07. The van der Waals surface area contributed by atoms with Crippen LogP contribution in [0.25, 0.3) is 0 Å². The number of ether oxygens (including phenoxy) is 3. The van der Waals surface area contributed by atoms with Crippen molar-refractivity contribution in [3.8, 4) is 0 Å². The van der Waals surface area contributed by atoms with Crippen molar-refractivity contribution in [2.45, 2.75) is 159 Å². The Kier molecular flexibility index (Phi) is 18.2. The van der Waals surface area contributed by atoms with E-state index in [1.54, 1.807) is 6.08 Å². The van der Waals surface area contributed by atoms with Crippen molar-refractivity contribution in [1.29, 1.82) is 0 Å². The van der Waals surface area contributed by atoms with Crippen molar-refractivity contribution in [3.63, 3.8) is 0 Å². The predicted molar refractivity (Wildman–Crippen MR) is 153 cm³/mol. The van der Waals surface area contributed by atoms with Gasteiger partial charge in [-0.25, -0.2) is 4.79 Å². The topological polar surface area (TPSA) is 131 Å². The molecule has 0 aromatic heterocycles. The van der Waals surface area contributed by atoms with Gasteiger partial charge in [0.1, 0.15) is 6.10 Å². The molecule has 2 saturated heterocycles. The van der Waals surface area contributed by atoms with E-state index in [-0.39, 0.29) is 24.9 Å². The molecule has 8 heteroatoms. The van der Waals surface area contributed by atoms with Crippen LogP contribution in [0.15, 0.2) is 12.2 Å². The van der Waals surface area contributed by atoms with Crippen LogP contribution in [-0.2, 0) is 19.0 Å². The second-order valence-corrected chi connectivity index (χ2v) is 11.6. The number of aliphatic carboxylic acids is 1. The van der Waals surface area contributed by atoms with E-state index in [2.05, 4.69) is 0 Å². The zero-order valence-electron chi connectivity index (χ0n) is 24.3. The summed E-state index contributed by atoms with van der Waals surface area (Å²) in [4.78, 5) is 10.6. The van der Waals surface area contributed by atoms with Crippen LogP contribution in [0, 0.1) is 0 Å². The highest BCUT2D eigenvalue weighted by Crippen LogP contribution is 2.44. The van der Waals surface area contributed by atoms with Gasteiger partial charge in [-0.2, -0.15) is 0 Å². The van der Waals surface area contributed by atoms with Crippen molar-refractivity contribution in [1.82, 2.24) is 0 Å². The highest BCUT2D eigenvalue weighted by molar-refractivity contribution is 5.79. The minimum Gasteiger partial charge on any atom is -0.478 e. The van der Waals surface area contributed by atoms with E-state index >= 15 is 0 Å². The summed E-state index contributed by atoms with van der Waals surface area (Å²) in [5, 5.41) is 27.9. The Labute approximate surface area is 236 Å². The lowest BCUT2D eigenvalue weighted by Gasteiger charge is -2.33. The summed E-state index contributed by atoms with van der Waals surface area (Å²) in [6, 6.07) is -0.250. The lowest BCUT2D eigenvalue weighted by Crippen LogP contribution is -2.41. The third-order valence-electron chi connectivity index (χ3n) is 8.07. The van der Waals surface area contributed by atoms with Gasteiger partial charge in [0.2, 0.25) is 0 Å². The van der Waals surface area contributed by atoms with Gasteiger partial charge in [0.05, 0.1) is 31.5 Å². The zero-order valence-corrected chi connectivity index (χ0v) is 24.3. The molecular formula is C31H57NO7. The molecule has 0 aliphatic carbocycles. The molecule has 0 aromatic rings. The normalized spacial score (nSPS) is 25.5. The summed E-state index contributed by atoms with van der Waals surface area (Å²) in [5.41, 5.74) is 5.61. The number of hydrogen-bond donors (Lipinski definition) is 4. The zero-order chi connectivity index (χ0) is 28.2. The number of hydrogen-bond acceptors (Lipinski definition) is 7. The summed E-state index contributed by atoms with van der Waals surface area (Å²) in [6.45, 7) is 1.18. The molecule has 2 aliphatic rings. The van der Waals surface area contributed by atoms with E-state index < -0.39 is 17.9 Å². The average molecular weight is 556 g/mol. The smallest absolute Gasteiger partial charge is 0.327 e. The largest absolute Gasteiger partial charge is 0.478 e. The van der Waals surface area contributed by atoms with Crippen molar-refractivity contribution in [3.05, 3.63) is 12.2 Å². The Morgan fingerprint density at radius 3 is 2.15 bits per heavy atom. The highest BCUT2D eigenvalue weighted by atomic mass is 16.8. The Balaban J connectivity index is 1.41. The van der Waals surface area contributed by atoms with Crippen LogP contribution in [-0.4, -0.2) is 71.3 Å². The molecule has 0 amide bonds. The van der Waals surface area contributed by atoms with Crippen molar-refractivity contribution < 1.29 is 34.3 Å². The molecule has 0 aromatic carbocycles. The van der Waals surface area contributed by atoms with Gasteiger partial charge in [-0.05, 0) is 38.5 Å². The average Bonchev–Trinajstić information content (AvgIpc) is 3.23. The number of carboxylic acid groups (broad SMARTS) is 1. The first-order valence-corrected chi connectivity index (χ1v) is 15.8. The van der Waals surface area contributed by atoms with Gasteiger partial charge in [-0.15, -0.1) is 0 Å². The number of nitrogens with two attached hydrogens (primary N) is 1. The van der Waals surface area contributed by atoms with E-state index in [1.165, 1.54) is 76.7 Å². The van der Waals surface area contributed by atoms with Crippen LogP contribution < -0.4 is 5.73 Å². The van der Waals surface area contributed by atoms with Gasteiger partial charge in [-0.1, -0.05) is 83.1 Å². The summed E-state index contributed by atoms with van der Waals surface area (Å²) in [5.74, 6) is -1.40. The van der Waals surface area contributed by atoms with Crippen LogP contribution >= 0.6 is 0 Å². The predicted octanol–water partition coefficient (Wildman–Crippen LogP) is 5.62. The standard InChI is InChI=1S/C31H57NO7/c32-26(24-33)25-37-23-17-13-9-7-5-3-1-2-4-6-8-12-16-21-31-22-20-27(34)30(39-31)28(38-31)18-14-10-11-15-19-29(35)36/h15,19,26-28,30,33-34H,1-14,16-18,20-25,32H2,(H,35,36)/b19-15+/t26?,27-,28-,30-,31+/m0/s1. The Hall–Kier alpha value is -1.03. The molecule has 2 fully saturated rings. The van der Waals surface area contributed by atoms with Crippen LogP contribution in [0.3, 0.4) is 0 Å². The van der Waals surface area contributed by atoms with Crippen LogP contribution in [0.2, 0.25) is 0 Å². The molecular weight excluding hydrogens is 498 g/mol. The maximum Gasteiger partial charge on any atom is 0.327 e. The minimum atomic E-state index is -0.903. The number of allylic oxidation sites excluding steroid dienone is 1. The fraction of sp³-hybridized carbons (Fsp3) is 0.903. The fourth-order valence-electron chi connectivity index (χ4n) is 5.76. The van der Waals surface area contributed by atoms with Gasteiger partial charge in [0.25, 0.3) is 0 Å². The van der Waals surface area contributed by atoms with E-state index in [0.717, 1.165) is 64.4 Å². The molecule has 8 nitrogen and oxygen atoms in total. The van der Waals surface area contributed by atoms with Crippen LogP contribution in [0.5, 0.6) is 0 Å². The molecule has 39 heavy (non-hydrogen) atoms. The van der Waals surface area contributed by atoms with E-state index in [9.17, 15) is 9.90 Å². The van der Waals surface area contributed by atoms with Gasteiger partial charge >= 0.3 is 5.97 Å². The summed E-state index contributed by atoms with van der Waals surface area (Å²) in [7, 11) is 0. The maximum absolute atomic E-state index is 10.6. The first-order chi connectivity index (χ1) is 19.0. The molecule has 2 heterocycles. The van der Waals surface area contributed by atoms with E-state index in [4.69, 9.17) is 30.2 Å². The molecule has 0 saturated carbocycles. The van der Waals surface area contributed by atoms with E-state index in [1.807, 2.05) is 0 Å². The molecule has 2 aliphatic heterocycles. The van der Waals surface area contributed by atoms with Crippen LogP contribution in [0.4, 0.5) is 0 Å². The molecule has 5 N–H and O–H groups in total. The van der Waals surface area contributed by atoms with Gasteiger partial charge < -0.3 is 35.3 Å². The van der Waals surface area contributed by atoms with Crippen LogP contribution in [0.1, 0.15) is 128 Å². The van der Waals surface area contributed by atoms with Gasteiger partial charge in [0, 0.05) is 25.5 Å². The summed E-state index contributed by atoms with van der Waals surface area (Å²) in [6.07, 6.45) is 24.5. The Morgan fingerprint density at radius 2 is 1.54 bits per heavy atom. The second kappa shape index (κ2) is 20.8. The summed E-state index contributed by atoms with van der Waals surface area (Å²) < 4.78 is 18.1. The molecule has 2 rings (SSSR count). The SMILES string of the molecule is NC(CO)COCCCCCCCCCCCCCCC[C@]12CC[C@H](O)[C@H](O1)[C@H](CCCC/C=C/C(=O)O)O2. The number of aliphatic hydroxyl groups excluding tert-OH is 2. The Morgan fingerprint density at radius 1 is 0.923 bits per heavy atom. The second-order valence-electron chi connectivity index (χ2n) is 11.6. The number of carboxylic acids is 1. The third kappa shape index (κ3) is 15.0. The monoisotopic (exact) mass is 555 g/mol. The van der Waals surface area contributed by atoms with Gasteiger partial charge in [0.15, 0.2) is 5.79 Å². The molecule has 1 unspecified atom stereocenters. The molecule has 0 spiro atoms. The lowest BCUT2D eigenvalue weighted by atomic mass is 9.94. The first kappa shape index (κ1) is 34.2. The Bertz CT molecular complexity index is 661. The molecule has 228 valence electrons. The number of unbranched alkanes of at least 4 members (excludes halogenated alkanes) is 14. The maximum atomic E-state index is 10.6. The quantitative estimate of drug-likeness (QED) is 0.0843. The van der Waals surface area contributed by atoms with Gasteiger partial charge in [-0.3, -0.25) is 0 Å². The van der Waals surface area contributed by atoms with Crippen molar-refractivity contribution in [2.24, 2.45) is 5.73 Å². The number of aliphatic hydroxyl groups is 2. The molecule has 0 radical (unpaired) electrons. The van der Waals surface area contributed by atoms with E-state index in [0.29, 0.717) is 6.61 Å². The fourth-order valence-corrected chi connectivity index (χ4v) is 5.76. The van der Waals surface area contributed by atoms with Crippen molar-refractivity contribution >= 4 is 5.97 Å². The number of carbonyl (C=O) groups is 1. The molecule has 5 atom stereocenters. The summed E-state index contributed by atoms with van der Waals surface area (Å²) >= 11 is 0.